The van der Waals surface area contributed by atoms with Gasteiger partial charge < -0.3 is 15.3 Å². The van der Waals surface area contributed by atoms with Crippen molar-refractivity contribution in [3.63, 3.8) is 0 Å². The van der Waals surface area contributed by atoms with Crippen molar-refractivity contribution in [2.75, 3.05) is 0 Å². The highest BCUT2D eigenvalue weighted by molar-refractivity contribution is 6.20. The molecule has 0 bridgehead atoms. The summed E-state index contributed by atoms with van der Waals surface area (Å²) >= 11 is 0. The average molecular weight is 359 g/mol. The fourth-order valence-corrected chi connectivity index (χ4v) is 2.64. The van der Waals surface area contributed by atoms with Gasteiger partial charge in [-0.1, -0.05) is 30.3 Å². The lowest BCUT2D eigenvalue weighted by Crippen LogP contribution is -2.12. The molecule has 3 aromatic rings. The van der Waals surface area contributed by atoms with E-state index in [1.807, 2.05) is 6.07 Å². The Balaban J connectivity index is 2.17. The van der Waals surface area contributed by atoms with Crippen LogP contribution >= 0.6 is 0 Å². The Morgan fingerprint density at radius 3 is 2.07 bits per heavy atom. The number of phenolic OH excluding ortho intramolecular Hbond substituents is 3. The molecule has 3 rings (SSSR count). The third kappa shape index (κ3) is 3.22. The SMILES string of the molecule is N#Cc1ccc(C(=O)c2ccc(O)c(O)c2O)c(C(=O)c2ccccc2)c1. The number of nitrogens with zero attached hydrogens (tertiary/aromatic N) is 1. The Labute approximate surface area is 154 Å². The van der Waals surface area contributed by atoms with Gasteiger partial charge in [-0.15, -0.1) is 0 Å². The van der Waals surface area contributed by atoms with Gasteiger partial charge in [-0.3, -0.25) is 9.59 Å². The molecule has 132 valence electrons. The summed E-state index contributed by atoms with van der Waals surface area (Å²) in [5.41, 5.74) is 0.209. The van der Waals surface area contributed by atoms with Gasteiger partial charge in [0, 0.05) is 16.7 Å². The second-order valence-electron chi connectivity index (χ2n) is 5.73. The second-order valence-corrected chi connectivity index (χ2v) is 5.73. The van der Waals surface area contributed by atoms with Crippen molar-refractivity contribution in [2.45, 2.75) is 0 Å². The quantitative estimate of drug-likeness (QED) is 0.486. The standard InChI is InChI=1S/C21H13NO5/c22-11-12-6-7-14(16(10-12)18(24)13-4-2-1-3-5-13)19(25)15-8-9-17(23)21(27)20(15)26/h1-10,23,26-27H. The molecule has 6 heteroatoms. The summed E-state index contributed by atoms with van der Waals surface area (Å²) in [5, 5.41) is 38.2. The fraction of sp³-hybridized carbons (Fsp3) is 0. The molecular weight excluding hydrogens is 346 g/mol. The van der Waals surface area contributed by atoms with Crippen LogP contribution in [0.25, 0.3) is 0 Å². The summed E-state index contributed by atoms with van der Waals surface area (Å²) in [7, 11) is 0. The van der Waals surface area contributed by atoms with Gasteiger partial charge in [-0.05, 0) is 30.3 Å². The van der Waals surface area contributed by atoms with E-state index in [1.165, 1.54) is 18.2 Å². The number of rotatable bonds is 4. The number of nitriles is 1. The maximum Gasteiger partial charge on any atom is 0.201 e. The number of ketones is 2. The van der Waals surface area contributed by atoms with Crippen LogP contribution in [0.2, 0.25) is 0 Å². The van der Waals surface area contributed by atoms with Gasteiger partial charge in [-0.25, -0.2) is 0 Å². The third-order valence-electron chi connectivity index (χ3n) is 4.05. The highest BCUT2D eigenvalue weighted by Gasteiger charge is 2.24. The summed E-state index contributed by atoms with van der Waals surface area (Å²) in [6, 6.07) is 16.4. The van der Waals surface area contributed by atoms with E-state index in [1.54, 1.807) is 30.3 Å². The van der Waals surface area contributed by atoms with Gasteiger partial charge in [0.05, 0.1) is 17.2 Å². The largest absolute Gasteiger partial charge is 0.504 e. The van der Waals surface area contributed by atoms with Crippen LogP contribution in [-0.4, -0.2) is 26.9 Å². The van der Waals surface area contributed by atoms with Gasteiger partial charge in [0.1, 0.15) is 0 Å². The van der Waals surface area contributed by atoms with Crippen LogP contribution in [0.1, 0.15) is 37.4 Å². The molecule has 0 aliphatic rings. The predicted octanol–water partition coefficient (Wildman–Crippen LogP) is 3.14. The highest BCUT2D eigenvalue weighted by atomic mass is 16.3. The van der Waals surface area contributed by atoms with Crippen molar-refractivity contribution in [3.8, 4) is 23.3 Å². The van der Waals surface area contributed by atoms with Crippen LogP contribution in [-0.2, 0) is 0 Å². The van der Waals surface area contributed by atoms with Gasteiger partial charge in [-0.2, -0.15) is 5.26 Å². The van der Waals surface area contributed by atoms with Gasteiger partial charge in [0.2, 0.25) is 5.75 Å². The highest BCUT2D eigenvalue weighted by Crippen LogP contribution is 2.38. The number of hydrogen-bond acceptors (Lipinski definition) is 6. The molecule has 0 heterocycles. The molecule has 0 saturated heterocycles. The number of aromatic hydroxyl groups is 3. The van der Waals surface area contributed by atoms with Crippen LogP contribution in [0.4, 0.5) is 0 Å². The van der Waals surface area contributed by atoms with E-state index in [9.17, 15) is 24.9 Å². The minimum Gasteiger partial charge on any atom is -0.504 e. The minimum atomic E-state index is -0.828. The first-order chi connectivity index (χ1) is 12.9. The van der Waals surface area contributed by atoms with E-state index in [2.05, 4.69) is 0 Å². The molecule has 3 aromatic carbocycles. The smallest absolute Gasteiger partial charge is 0.201 e. The normalized spacial score (nSPS) is 10.2. The Morgan fingerprint density at radius 2 is 1.41 bits per heavy atom. The number of phenols is 3. The van der Waals surface area contributed by atoms with Crippen molar-refractivity contribution < 1.29 is 24.9 Å². The van der Waals surface area contributed by atoms with E-state index >= 15 is 0 Å². The molecule has 27 heavy (non-hydrogen) atoms. The van der Waals surface area contributed by atoms with E-state index < -0.39 is 28.8 Å². The van der Waals surface area contributed by atoms with Gasteiger partial charge in [0.25, 0.3) is 0 Å². The van der Waals surface area contributed by atoms with E-state index in [-0.39, 0.29) is 22.3 Å². The third-order valence-corrected chi connectivity index (χ3v) is 4.05. The minimum absolute atomic E-state index is 0.00258. The molecule has 0 radical (unpaired) electrons. The van der Waals surface area contributed by atoms with Crippen LogP contribution < -0.4 is 0 Å². The average Bonchev–Trinajstić information content (AvgIpc) is 2.71. The Bertz CT molecular complexity index is 1100. The Kier molecular flexibility index (Phi) is 4.60. The number of carbonyl (C=O) groups excluding carboxylic acids is 2. The molecule has 0 aliphatic carbocycles. The van der Waals surface area contributed by atoms with Crippen molar-refractivity contribution >= 4 is 11.6 Å². The van der Waals surface area contributed by atoms with Crippen LogP contribution in [0.5, 0.6) is 17.2 Å². The van der Waals surface area contributed by atoms with Crippen LogP contribution in [0, 0.1) is 11.3 Å². The molecule has 0 fully saturated rings. The lowest BCUT2D eigenvalue weighted by molar-refractivity contribution is 0.100. The van der Waals surface area contributed by atoms with Crippen molar-refractivity contribution in [1.29, 1.82) is 5.26 Å². The molecular formula is C21H13NO5. The summed E-state index contributed by atoms with van der Waals surface area (Å²) in [5.74, 6) is -3.39. The van der Waals surface area contributed by atoms with Crippen molar-refractivity contribution in [1.82, 2.24) is 0 Å². The molecule has 3 N–H and O–H groups in total. The summed E-state index contributed by atoms with van der Waals surface area (Å²) < 4.78 is 0. The van der Waals surface area contributed by atoms with Crippen LogP contribution in [0.15, 0.2) is 60.7 Å². The fourth-order valence-electron chi connectivity index (χ4n) is 2.64. The lowest BCUT2D eigenvalue weighted by atomic mass is 9.91. The van der Waals surface area contributed by atoms with Crippen LogP contribution in [0.3, 0.4) is 0 Å². The second kappa shape index (κ2) is 7.02. The topological polar surface area (TPSA) is 119 Å². The summed E-state index contributed by atoms with van der Waals surface area (Å²) in [6.45, 7) is 0. The number of hydrogen-bond donors (Lipinski definition) is 3. The van der Waals surface area contributed by atoms with E-state index in [0.29, 0.717) is 5.56 Å². The molecule has 0 unspecified atom stereocenters. The van der Waals surface area contributed by atoms with Gasteiger partial charge >= 0.3 is 0 Å². The zero-order valence-corrected chi connectivity index (χ0v) is 13.9. The van der Waals surface area contributed by atoms with E-state index in [0.717, 1.165) is 12.1 Å². The zero-order chi connectivity index (χ0) is 19.6. The molecule has 0 saturated carbocycles. The molecule has 0 amide bonds. The molecule has 0 atom stereocenters. The van der Waals surface area contributed by atoms with Crippen molar-refractivity contribution in [3.05, 3.63) is 88.5 Å². The maximum absolute atomic E-state index is 12.9. The van der Waals surface area contributed by atoms with Crippen molar-refractivity contribution in [2.24, 2.45) is 0 Å². The summed E-state index contributed by atoms with van der Waals surface area (Å²) in [6.07, 6.45) is 0. The zero-order valence-electron chi connectivity index (χ0n) is 13.9. The molecule has 0 aliphatic heterocycles. The Hall–Kier alpha value is -4.11. The monoisotopic (exact) mass is 359 g/mol. The van der Waals surface area contributed by atoms with Gasteiger partial charge in [0.15, 0.2) is 23.1 Å². The predicted molar refractivity (Wildman–Crippen MR) is 95.9 cm³/mol. The molecule has 0 spiro atoms. The first kappa shape index (κ1) is 17.7. The first-order valence-corrected chi connectivity index (χ1v) is 7.86. The number of carbonyl (C=O) groups is 2. The van der Waals surface area contributed by atoms with E-state index in [4.69, 9.17) is 5.26 Å². The maximum atomic E-state index is 12.9. The Morgan fingerprint density at radius 1 is 0.741 bits per heavy atom. The number of benzene rings is 3. The summed E-state index contributed by atoms with van der Waals surface area (Å²) in [4.78, 5) is 25.8. The molecule has 6 nitrogen and oxygen atoms in total. The lowest BCUT2D eigenvalue weighted by Gasteiger charge is -2.11. The first-order valence-electron chi connectivity index (χ1n) is 7.86. The molecule has 0 aromatic heterocycles.